The summed E-state index contributed by atoms with van der Waals surface area (Å²) in [6.45, 7) is 0. The van der Waals surface area contributed by atoms with Crippen LogP contribution in [0, 0.1) is 0 Å². The van der Waals surface area contributed by atoms with E-state index >= 15 is 0 Å². The summed E-state index contributed by atoms with van der Waals surface area (Å²) in [5.74, 6) is -0.273. The number of esters is 1. The van der Waals surface area contributed by atoms with E-state index in [1.54, 1.807) is 6.20 Å². The molecule has 1 heterocycles. The van der Waals surface area contributed by atoms with Crippen LogP contribution in [0.2, 0.25) is 0 Å². The van der Waals surface area contributed by atoms with E-state index < -0.39 is 0 Å². The molecule has 1 aromatic carbocycles. The van der Waals surface area contributed by atoms with Gasteiger partial charge in [-0.1, -0.05) is 6.07 Å². The van der Waals surface area contributed by atoms with E-state index in [-0.39, 0.29) is 12.4 Å². The van der Waals surface area contributed by atoms with E-state index in [9.17, 15) is 4.79 Å². The van der Waals surface area contributed by atoms with Gasteiger partial charge in [-0.2, -0.15) is 0 Å². The number of benzene rings is 1. The highest BCUT2D eigenvalue weighted by Gasteiger charge is 2.09. The lowest BCUT2D eigenvalue weighted by atomic mass is 10.1. The monoisotopic (exact) mass is 244 g/mol. The Kier molecular flexibility index (Phi) is 3.46. The predicted octanol–water partition coefficient (Wildman–Crippen LogP) is 2.02. The molecule has 0 unspecified atom stereocenters. The second-order valence-electron chi connectivity index (χ2n) is 4.31. The fourth-order valence-corrected chi connectivity index (χ4v) is 1.84. The minimum absolute atomic E-state index is 0.199. The van der Waals surface area contributed by atoms with Gasteiger partial charge in [0.15, 0.2) is 0 Å². The minimum Gasteiger partial charge on any atom is -0.469 e. The van der Waals surface area contributed by atoms with Crippen molar-refractivity contribution < 1.29 is 9.53 Å². The first kappa shape index (κ1) is 12.4. The lowest BCUT2D eigenvalue weighted by Crippen LogP contribution is -2.09. The van der Waals surface area contributed by atoms with Crippen LogP contribution in [0.5, 0.6) is 0 Å². The van der Waals surface area contributed by atoms with Crippen molar-refractivity contribution in [2.75, 3.05) is 26.1 Å². The first-order valence-electron chi connectivity index (χ1n) is 5.73. The number of hydrogen-bond acceptors (Lipinski definition) is 4. The molecule has 0 atom stereocenters. The zero-order chi connectivity index (χ0) is 13.1. The molecule has 0 N–H and O–H groups in total. The van der Waals surface area contributed by atoms with Crippen LogP contribution in [-0.4, -0.2) is 32.2 Å². The lowest BCUT2D eigenvalue weighted by molar-refractivity contribution is -0.139. The van der Waals surface area contributed by atoms with Crippen molar-refractivity contribution in [2.24, 2.45) is 0 Å². The molecule has 18 heavy (non-hydrogen) atoms. The maximum absolute atomic E-state index is 11.4. The Bertz CT molecular complexity index is 579. The highest BCUT2D eigenvalue weighted by atomic mass is 16.5. The van der Waals surface area contributed by atoms with E-state index in [0.717, 1.165) is 22.2 Å². The largest absolute Gasteiger partial charge is 0.469 e. The van der Waals surface area contributed by atoms with Gasteiger partial charge in [-0.15, -0.1) is 0 Å². The first-order chi connectivity index (χ1) is 8.61. The molecule has 0 aliphatic heterocycles. The molecule has 0 spiro atoms. The highest BCUT2D eigenvalue weighted by molar-refractivity contribution is 5.90. The van der Waals surface area contributed by atoms with Crippen molar-refractivity contribution >= 4 is 22.4 Å². The van der Waals surface area contributed by atoms with E-state index in [0.29, 0.717) is 0 Å². The van der Waals surface area contributed by atoms with Gasteiger partial charge >= 0.3 is 5.97 Å². The zero-order valence-corrected chi connectivity index (χ0v) is 10.8. The number of hydrogen-bond donors (Lipinski definition) is 0. The summed E-state index contributed by atoms with van der Waals surface area (Å²) in [4.78, 5) is 17.7. The number of methoxy groups -OCH3 is 1. The number of ether oxygens (including phenoxy) is 1. The molecule has 0 aliphatic carbocycles. The Morgan fingerprint density at radius 3 is 2.78 bits per heavy atom. The number of pyridine rings is 1. The Balaban J connectivity index is 2.51. The standard InChI is InChI=1S/C14H16N2O2/c1-16(2)11-5-4-10-6-7-15-13(12(10)8-11)9-14(17)18-3/h4-8H,9H2,1-3H3. The van der Waals surface area contributed by atoms with Gasteiger partial charge in [0.2, 0.25) is 0 Å². The van der Waals surface area contributed by atoms with Crippen LogP contribution in [0.4, 0.5) is 5.69 Å². The molecule has 0 radical (unpaired) electrons. The summed E-state index contributed by atoms with van der Waals surface area (Å²) in [6, 6.07) is 8.06. The SMILES string of the molecule is COC(=O)Cc1nccc2ccc(N(C)C)cc12. The molecule has 4 nitrogen and oxygen atoms in total. The first-order valence-corrected chi connectivity index (χ1v) is 5.73. The lowest BCUT2D eigenvalue weighted by Gasteiger charge is -2.14. The molecule has 94 valence electrons. The molecular weight excluding hydrogens is 228 g/mol. The van der Waals surface area contributed by atoms with E-state index in [4.69, 9.17) is 4.74 Å². The van der Waals surface area contributed by atoms with Crippen LogP contribution in [0.15, 0.2) is 30.5 Å². The van der Waals surface area contributed by atoms with Crippen molar-refractivity contribution in [3.05, 3.63) is 36.2 Å². The Hall–Kier alpha value is -2.10. The van der Waals surface area contributed by atoms with E-state index in [1.165, 1.54) is 7.11 Å². The van der Waals surface area contributed by atoms with Crippen molar-refractivity contribution in [1.29, 1.82) is 0 Å². The molecule has 2 rings (SSSR count). The van der Waals surface area contributed by atoms with Gasteiger partial charge in [-0.3, -0.25) is 9.78 Å². The summed E-state index contributed by atoms with van der Waals surface area (Å²) >= 11 is 0. The highest BCUT2D eigenvalue weighted by Crippen LogP contribution is 2.23. The molecule has 0 aliphatic rings. The van der Waals surface area contributed by atoms with Gasteiger partial charge in [-0.25, -0.2) is 0 Å². The molecule has 2 aromatic rings. The zero-order valence-electron chi connectivity index (χ0n) is 10.8. The Morgan fingerprint density at radius 1 is 1.33 bits per heavy atom. The second-order valence-corrected chi connectivity index (χ2v) is 4.31. The molecular formula is C14H16N2O2. The molecule has 0 fully saturated rings. The molecule has 1 aromatic heterocycles. The van der Waals surface area contributed by atoms with Gasteiger partial charge in [0.05, 0.1) is 19.2 Å². The molecule has 0 bridgehead atoms. The van der Waals surface area contributed by atoms with Crippen LogP contribution in [0.25, 0.3) is 10.8 Å². The van der Waals surface area contributed by atoms with Crippen molar-refractivity contribution in [2.45, 2.75) is 6.42 Å². The van der Waals surface area contributed by atoms with Crippen molar-refractivity contribution in [1.82, 2.24) is 4.98 Å². The topological polar surface area (TPSA) is 42.4 Å². The Morgan fingerprint density at radius 2 is 2.11 bits per heavy atom. The van der Waals surface area contributed by atoms with Gasteiger partial charge in [0, 0.05) is 31.4 Å². The molecule has 4 heteroatoms. The third-order valence-electron chi connectivity index (χ3n) is 2.89. The maximum Gasteiger partial charge on any atom is 0.311 e. The number of carbonyl (C=O) groups excluding carboxylic acids is 1. The molecule has 0 saturated heterocycles. The fraction of sp³-hybridized carbons (Fsp3) is 0.286. The summed E-state index contributed by atoms with van der Waals surface area (Å²) in [7, 11) is 5.35. The van der Waals surface area contributed by atoms with Crippen LogP contribution in [0.1, 0.15) is 5.69 Å². The van der Waals surface area contributed by atoms with Gasteiger partial charge < -0.3 is 9.64 Å². The number of aromatic nitrogens is 1. The van der Waals surface area contributed by atoms with Gasteiger partial charge in [0.25, 0.3) is 0 Å². The average molecular weight is 244 g/mol. The van der Waals surface area contributed by atoms with E-state index in [1.807, 2.05) is 43.3 Å². The number of carbonyl (C=O) groups is 1. The van der Waals surface area contributed by atoms with Crippen molar-refractivity contribution in [3.8, 4) is 0 Å². The third kappa shape index (κ3) is 2.42. The fourth-order valence-electron chi connectivity index (χ4n) is 1.84. The number of fused-ring (bicyclic) bond motifs is 1. The quantitative estimate of drug-likeness (QED) is 0.775. The van der Waals surface area contributed by atoms with E-state index in [2.05, 4.69) is 4.98 Å². The number of anilines is 1. The maximum atomic E-state index is 11.4. The van der Waals surface area contributed by atoms with Gasteiger partial charge in [0.1, 0.15) is 0 Å². The third-order valence-corrected chi connectivity index (χ3v) is 2.89. The average Bonchev–Trinajstić information content (AvgIpc) is 2.38. The number of nitrogens with zero attached hydrogens (tertiary/aromatic N) is 2. The Labute approximate surface area is 106 Å². The van der Waals surface area contributed by atoms with Crippen LogP contribution in [0.3, 0.4) is 0 Å². The summed E-state index contributed by atoms with van der Waals surface area (Å²) in [6.07, 6.45) is 1.92. The van der Waals surface area contributed by atoms with Crippen LogP contribution in [-0.2, 0) is 16.0 Å². The van der Waals surface area contributed by atoms with Crippen LogP contribution < -0.4 is 4.90 Å². The normalized spacial score (nSPS) is 10.4. The molecule has 0 saturated carbocycles. The predicted molar refractivity (Wildman–Crippen MR) is 71.8 cm³/mol. The summed E-state index contributed by atoms with van der Waals surface area (Å²) in [5.41, 5.74) is 1.84. The summed E-state index contributed by atoms with van der Waals surface area (Å²) in [5, 5.41) is 2.07. The molecule has 0 amide bonds. The van der Waals surface area contributed by atoms with Gasteiger partial charge in [-0.05, 0) is 23.6 Å². The second kappa shape index (κ2) is 5.04. The smallest absolute Gasteiger partial charge is 0.311 e. The minimum atomic E-state index is -0.273. The van der Waals surface area contributed by atoms with Crippen LogP contribution >= 0.6 is 0 Å². The summed E-state index contributed by atoms with van der Waals surface area (Å²) < 4.78 is 4.69. The van der Waals surface area contributed by atoms with Crippen molar-refractivity contribution in [3.63, 3.8) is 0 Å². The number of rotatable bonds is 3.